The molecular formula is C20H18Cl2N2O3S2. The molecule has 0 N–H and O–H groups in total. The molecule has 29 heavy (non-hydrogen) atoms. The molecule has 2 heterocycles. The molecule has 2 unspecified atom stereocenters. The predicted molar refractivity (Wildman–Crippen MR) is 118 cm³/mol. The Hall–Kier alpha value is -1.54. The minimum atomic E-state index is -3.10. The Morgan fingerprint density at radius 3 is 2.31 bits per heavy atom. The second-order valence-electron chi connectivity index (χ2n) is 7.08. The Balaban J connectivity index is 1.60. The highest BCUT2D eigenvalue weighted by Gasteiger charge is 2.48. The molecule has 5 nitrogen and oxygen atoms in total. The second kappa shape index (κ2) is 8.30. The van der Waals surface area contributed by atoms with Crippen LogP contribution in [0.5, 0.6) is 0 Å². The van der Waals surface area contributed by atoms with E-state index in [0.717, 1.165) is 5.56 Å². The minimum absolute atomic E-state index is 0.0623. The average Bonchev–Trinajstić information content (AvgIpc) is 3.11. The summed E-state index contributed by atoms with van der Waals surface area (Å²) in [5, 5.41) is 1.54. The van der Waals surface area contributed by atoms with Gasteiger partial charge in [0, 0.05) is 21.8 Å². The van der Waals surface area contributed by atoms with Crippen LogP contribution in [0.1, 0.15) is 11.1 Å². The summed E-state index contributed by atoms with van der Waals surface area (Å²) in [5.74, 6) is -0.154. The van der Waals surface area contributed by atoms with Crippen LogP contribution in [0.25, 0.3) is 0 Å². The molecular weight excluding hydrogens is 451 g/mol. The maximum absolute atomic E-state index is 12.6. The van der Waals surface area contributed by atoms with Crippen LogP contribution in [0.4, 0.5) is 0 Å². The maximum atomic E-state index is 12.6. The van der Waals surface area contributed by atoms with Crippen molar-refractivity contribution in [2.24, 2.45) is 4.99 Å². The van der Waals surface area contributed by atoms with Gasteiger partial charge < -0.3 is 4.90 Å². The van der Waals surface area contributed by atoms with Crippen molar-refractivity contribution in [3.63, 3.8) is 0 Å². The fraction of sp³-hybridized carbons (Fsp3) is 0.300. The van der Waals surface area contributed by atoms with E-state index >= 15 is 0 Å². The van der Waals surface area contributed by atoms with Crippen LogP contribution in [0.15, 0.2) is 53.5 Å². The lowest BCUT2D eigenvalue weighted by atomic mass is 10.1. The zero-order chi connectivity index (χ0) is 20.6. The standard InChI is InChI=1S/C20H18Cl2N2O3S2/c21-15-7-3-1-5-13(15)9-19(25)23-20-24(10-14-6-2-4-8-16(14)22)17-11-29(26,27)12-18(17)28-20/h1-8,17-18H,9-12H2. The monoisotopic (exact) mass is 468 g/mol. The van der Waals surface area contributed by atoms with E-state index in [2.05, 4.69) is 4.99 Å². The molecule has 0 aromatic heterocycles. The van der Waals surface area contributed by atoms with Gasteiger partial charge in [-0.1, -0.05) is 71.4 Å². The molecule has 152 valence electrons. The largest absolute Gasteiger partial charge is 0.342 e. The van der Waals surface area contributed by atoms with Crippen LogP contribution >= 0.6 is 35.0 Å². The summed E-state index contributed by atoms with van der Waals surface area (Å²) in [5.41, 5.74) is 1.58. The van der Waals surface area contributed by atoms with E-state index in [0.29, 0.717) is 27.3 Å². The number of thioether (sulfide) groups is 1. The molecule has 2 atom stereocenters. The molecule has 1 amide bonds. The molecule has 0 bridgehead atoms. The van der Waals surface area contributed by atoms with Gasteiger partial charge in [-0.25, -0.2) is 8.42 Å². The van der Waals surface area contributed by atoms with Gasteiger partial charge in [-0.3, -0.25) is 4.79 Å². The SMILES string of the molecule is O=C(Cc1ccccc1Cl)N=C1SC2CS(=O)(=O)CC2N1Cc1ccccc1Cl. The molecule has 2 aliphatic rings. The first-order chi connectivity index (χ1) is 13.8. The normalized spacial score (nSPS) is 24.1. The number of rotatable bonds is 4. The lowest BCUT2D eigenvalue weighted by Crippen LogP contribution is -2.37. The summed E-state index contributed by atoms with van der Waals surface area (Å²) in [6.45, 7) is 0.404. The number of sulfone groups is 1. The molecule has 9 heteroatoms. The molecule has 0 aliphatic carbocycles. The summed E-state index contributed by atoms with van der Waals surface area (Å²) >= 11 is 13.8. The predicted octanol–water partition coefficient (Wildman–Crippen LogP) is 3.83. The van der Waals surface area contributed by atoms with Crippen LogP contribution < -0.4 is 0 Å². The van der Waals surface area contributed by atoms with Crippen LogP contribution in [0.2, 0.25) is 10.0 Å². The third kappa shape index (κ3) is 4.63. The van der Waals surface area contributed by atoms with Crippen molar-refractivity contribution in [1.82, 2.24) is 4.90 Å². The Labute approximate surface area is 184 Å². The number of aliphatic imine (C=N–C) groups is 1. The van der Waals surface area contributed by atoms with Gasteiger partial charge in [0.2, 0.25) is 0 Å². The highest BCUT2D eigenvalue weighted by atomic mass is 35.5. The van der Waals surface area contributed by atoms with Crippen LogP contribution in [-0.4, -0.2) is 47.2 Å². The first-order valence-electron chi connectivity index (χ1n) is 9.04. The zero-order valence-corrected chi connectivity index (χ0v) is 18.4. The van der Waals surface area contributed by atoms with Gasteiger partial charge in [0.1, 0.15) is 0 Å². The second-order valence-corrected chi connectivity index (χ2v) is 11.3. The molecule has 0 saturated carbocycles. The quantitative estimate of drug-likeness (QED) is 0.681. The first kappa shape index (κ1) is 20.7. The Morgan fingerprint density at radius 2 is 1.66 bits per heavy atom. The summed E-state index contributed by atoms with van der Waals surface area (Å²) in [4.78, 5) is 18.8. The topological polar surface area (TPSA) is 66.8 Å². The number of benzene rings is 2. The summed E-state index contributed by atoms with van der Waals surface area (Å²) in [7, 11) is -3.10. The summed E-state index contributed by atoms with van der Waals surface area (Å²) < 4.78 is 24.3. The number of amidine groups is 1. The van der Waals surface area contributed by atoms with Gasteiger partial charge >= 0.3 is 0 Å². The lowest BCUT2D eigenvalue weighted by molar-refractivity contribution is -0.117. The summed E-state index contributed by atoms with van der Waals surface area (Å²) in [6.07, 6.45) is 0.0945. The van der Waals surface area contributed by atoms with Gasteiger partial charge in [-0.2, -0.15) is 4.99 Å². The van der Waals surface area contributed by atoms with E-state index in [-0.39, 0.29) is 35.1 Å². The van der Waals surface area contributed by atoms with Gasteiger partial charge in [0.15, 0.2) is 15.0 Å². The van der Waals surface area contributed by atoms with E-state index in [1.165, 1.54) is 11.8 Å². The zero-order valence-electron chi connectivity index (χ0n) is 15.3. The fourth-order valence-electron chi connectivity index (χ4n) is 3.58. The van der Waals surface area contributed by atoms with Gasteiger partial charge in [-0.15, -0.1) is 0 Å². The number of halogens is 2. The smallest absolute Gasteiger partial charge is 0.252 e. The molecule has 2 fully saturated rings. The minimum Gasteiger partial charge on any atom is -0.342 e. The van der Waals surface area contributed by atoms with E-state index < -0.39 is 9.84 Å². The Kier molecular flexibility index (Phi) is 5.93. The number of amides is 1. The number of nitrogens with zero attached hydrogens (tertiary/aromatic N) is 2. The lowest BCUT2D eigenvalue weighted by Gasteiger charge is -2.25. The molecule has 2 saturated heterocycles. The van der Waals surface area contributed by atoms with Crippen molar-refractivity contribution < 1.29 is 13.2 Å². The average molecular weight is 469 g/mol. The number of carbonyl (C=O) groups excluding carboxylic acids is 1. The molecule has 2 aliphatic heterocycles. The molecule has 4 rings (SSSR count). The van der Waals surface area contributed by atoms with E-state index in [1.54, 1.807) is 18.2 Å². The molecule has 0 spiro atoms. The van der Waals surface area contributed by atoms with Crippen LogP contribution in [-0.2, 0) is 27.6 Å². The molecule has 2 aromatic carbocycles. The maximum Gasteiger partial charge on any atom is 0.252 e. The van der Waals surface area contributed by atoms with Crippen molar-refractivity contribution >= 4 is 55.9 Å². The third-order valence-electron chi connectivity index (χ3n) is 4.99. The van der Waals surface area contributed by atoms with Crippen molar-refractivity contribution in [2.75, 3.05) is 11.5 Å². The van der Waals surface area contributed by atoms with Crippen molar-refractivity contribution in [1.29, 1.82) is 0 Å². The number of carbonyl (C=O) groups is 1. The Bertz CT molecular complexity index is 1090. The number of hydrogen-bond acceptors (Lipinski definition) is 4. The van der Waals surface area contributed by atoms with Gasteiger partial charge in [0.05, 0.1) is 24.0 Å². The van der Waals surface area contributed by atoms with Crippen molar-refractivity contribution in [2.45, 2.75) is 24.3 Å². The number of fused-ring (bicyclic) bond motifs is 1. The van der Waals surface area contributed by atoms with E-state index in [1.807, 2.05) is 35.2 Å². The highest BCUT2D eigenvalue weighted by Crippen LogP contribution is 2.39. The Morgan fingerprint density at radius 1 is 1.03 bits per heavy atom. The fourth-order valence-corrected chi connectivity index (χ4v) is 7.95. The molecule has 0 radical (unpaired) electrons. The van der Waals surface area contributed by atoms with Crippen LogP contribution in [0.3, 0.4) is 0 Å². The third-order valence-corrected chi connectivity index (χ3v) is 8.98. The van der Waals surface area contributed by atoms with Crippen LogP contribution in [0, 0.1) is 0 Å². The number of hydrogen-bond donors (Lipinski definition) is 0. The van der Waals surface area contributed by atoms with E-state index in [9.17, 15) is 13.2 Å². The van der Waals surface area contributed by atoms with Crippen molar-refractivity contribution in [3.8, 4) is 0 Å². The van der Waals surface area contributed by atoms with Gasteiger partial charge in [0.25, 0.3) is 5.91 Å². The highest BCUT2D eigenvalue weighted by molar-refractivity contribution is 8.15. The first-order valence-corrected chi connectivity index (χ1v) is 12.5. The van der Waals surface area contributed by atoms with E-state index in [4.69, 9.17) is 23.2 Å². The van der Waals surface area contributed by atoms with Crippen molar-refractivity contribution in [3.05, 3.63) is 69.7 Å². The summed E-state index contributed by atoms with van der Waals surface area (Å²) in [6, 6.07) is 14.4. The van der Waals surface area contributed by atoms with Gasteiger partial charge in [-0.05, 0) is 23.3 Å². The molecule has 2 aromatic rings.